The third-order valence-electron chi connectivity index (χ3n) is 5.33. The smallest absolute Gasteiger partial charge is 0.119 e. The lowest BCUT2D eigenvalue weighted by molar-refractivity contribution is 0.463. The molecule has 0 bridgehead atoms. The molecule has 0 aliphatic heterocycles. The first kappa shape index (κ1) is 22.1. The molecule has 1 aromatic rings. The van der Waals surface area contributed by atoms with Crippen LogP contribution in [0.15, 0.2) is 12.1 Å². The Balaban J connectivity index is 2.66. The summed E-state index contributed by atoms with van der Waals surface area (Å²) in [5.74, 6) is 0.539. The molecule has 1 aromatic carbocycles. The van der Waals surface area contributed by atoms with Gasteiger partial charge < -0.3 is 5.11 Å². The van der Waals surface area contributed by atoms with Gasteiger partial charge >= 0.3 is 0 Å². The lowest BCUT2D eigenvalue weighted by Gasteiger charge is -2.17. The maximum absolute atomic E-state index is 10.5. The number of unbranched alkanes of at least 4 members (excludes halogenated alkanes) is 9. The van der Waals surface area contributed by atoms with E-state index in [9.17, 15) is 5.11 Å². The zero-order valence-electron chi connectivity index (χ0n) is 17.2. The zero-order valence-corrected chi connectivity index (χ0v) is 17.2. The Labute approximate surface area is 157 Å². The Morgan fingerprint density at radius 1 is 0.560 bits per heavy atom. The highest BCUT2D eigenvalue weighted by molar-refractivity contribution is 5.45. The first-order valence-corrected chi connectivity index (χ1v) is 11.1. The minimum atomic E-state index is 0.539. The maximum atomic E-state index is 10.5. The molecule has 0 spiro atoms. The molecule has 0 atom stereocenters. The van der Waals surface area contributed by atoms with E-state index in [2.05, 4.69) is 26.8 Å². The number of phenols is 1. The van der Waals surface area contributed by atoms with E-state index >= 15 is 0 Å². The van der Waals surface area contributed by atoms with E-state index in [0.29, 0.717) is 5.75 Å². The summed E-state index contributed by atoms with van der Waals surface area (Å²) in [4.78, 5) is 0. The molecule has 0 amide bonds. The Kier molecular flexibility index (Phi) is 12.5. The molecule has 1 heteroatoms. The van der Waals surface area contributed by atoms with E-state index in [1.54, 1.807) is 0 Å². The summed E-state index contributed by atoms with van der Waals surface area (Å²) in [7, 11) is 0. The molecule has 0 heterocycles. The molecule has 0 saturated heterocycles. The molecule has 1 rings (SSSR count). The summed E-state index contributed by atoms with van der Waals surface area (Å²) in [5, 5.41) is 10.5. The van der Waals surface area contributed by atoms with Gasteiger partial charge in [0.1, 0.15) is 5.75 Å². The highest BCUT2D eigenvalue weighted by Crippen LogP contribution is 2.29. The standard InChI is InChI=1S/C24H42O/c1-4-7-9-11-13-15-18-23-22(17-14-12-10-8-5-2)21(16-6-3)19-20-24(23)25/h19-20,25H,4-18H2,1-3H3. The number of hydrogen-bond acceptors (Lipinski definition) is 1. The second kappa shape index (κ2) is 14.2. The topological polar surface area (TPSA) is 20.2 Å². The average molecular weight is 347 g/mol. The molecule has 0 radical (unpaired) electrons. The van der Waals surface area contributed by atoms with Crippen molar-refractivity contribution in [2.45, 2.75) is 117 Å². The number of phenolic OH excluding ortho intramolecular Hbond substituents is 1. The lowest BCUT2D eigenvalue weighted by atomic mass is 9.90. The van der Waals surface area contributed by atoms with E-state index in [1.165, 1.54) is 93.7 Å². The maximum Gasteiger partial charge on any atom is 0.119 e. The van der Waals surface area contributed by atoms with Crippen LogP contribution >= 0.6 is 0 Å². The molecule has 0 unspecified atom stereocenters. The first-order valence-electron chi connectivity index (χ1n) is 11.1. The molecule has 0 saturated carbocycles. The van der Waals surface area contributed by atoms with E-state index in [-0.39, 0.29) is 0 Å². The molecular formula is C24H42O. The summed E-state index contributed by atoms with van der Waals surface area (Å²) < 4.78 is 0. The summed E-state index contributed by atoms with van der Waals surface area (Å²) in [6.07, 6.45) is 19.0. The minimum absolute atomic E-state index is 0.539. The molecule has 1 nitrogen and oxygen atoms in total. The number of hydrogen-bond donors (Lipinski definition) is 1. The van der Waals surface area contributed by atoms with Crippen molar-refractivity contribution in [1.29, 1.82) is 0 Å². The van der Waals surface area contributed by atoms with Gasteiger partial charge in [-0.05, 0) is 54.9 Å². The Hall–Kier alpha value is -0.980. The van der Waals surface area contributed by atoms with Crippen LogP contribution in [-0.2, 0) is 19.3 Å². The monoisotopic (exact) mass is 346 g/mol. The molecular weight excluding hydrogens is 304 g/mol. The largest absolute Gasteiger partial charge is 0.508 e. The van der Waals surface area contributed by atoms with E-state index in [1.807, 2.05) is 6.07 Å². The van der Waals surface area contributed by atoms with Gasteiger partial charge in [-0.25, -0.2) is 0 Å². The van der Waals surface area contributed by atoms with Gasteiger partial charge in [0.2, 0.25) is 0 Å². The second-order valence-electron chi connectivity index (χ2n) is 7.63. The van der Waals surface area contributed by atoms with Crippen molar-refractivity contribution in [3.8, 4) is 5.75 Å². The van der Waals surface area contributed by atoms with Crippen LogP contribution in [0.3, 0.4) is 0 Å². The van der Waals surface area contributed by atoms with Crippen molar-refractivity contribution < 1.29 is 5.11 Å². The molecule has 144 valence electrons. The Morgan fingerprint density at radius 3 is 1.64 bits per heavy atom. The summed E-state index contributed by atoms with van der Waals surface area (Å²) >= 11 is 0. The zero-order chi connectivity index (χ0) is 18.3. The predicted molar refractivity (Wildman–Crippen MR) is 112 cm³/mol. The fourth-order valence-corrected chi connectivity index (χ4v) is 3.81. The van der Waals surface area contributed by atoms with Gasteiger partial charge in [-0.2, -0.15) is 0 Å². The second-order valence-corrected chi connectivity index (χ2v) is 7.63. The number of aromatic hydroxyl groups is 1. The Bertz CT molecular complexity index is 450. The van der Waals surface area contributed by atoms with Gasteiger partial charge in [-0.3, -0.25) is 0 Å². The molecule has 1 N–H and O–H groups in total. The van der Waals surface area contributed by atoms with E-state index in [4.69, 9.17) is 0 Å². The quantitative estimate of drug-likeness (QED) is 0.322. The minimum Gasteiger partial charge on any atom is -0.508 e. The van der Waals surface area contributed by atoms with Crippen LogP contribution in [0.5, 0.6) is 5.75 Å². The van der Waals surface area contributed by atoms with Crippen LogP contribution in [0.2, 0.25) is 0 Å². The van der Waals surface area contributed by atoms with Crippen molar-refractivity contribution in [2.75, 3.05) is 0 Å². The van der Waals surface area contributed by atoms with Gasteiger partial charge in [-0.1, -0.05) is 91.0 Å². The summed E-state index contributed by atoms with van der Waals surface area (Å²) in [6.45, 7) is 6.79. The van der Waals surface area contributed by atoms with Crippen molar-refractivity contribution in [3.05, 3.63) is 28.8 Å². The van der Waals surface area contributed by atoms with Crippen LogP contribution in [0.25, 0.3) is 0 Å². The van der Waals surface area contributed by atoms with Crippen molar-refractivity contribution in [3.63, 3.8) is 0 Å². The van der Waals surface area contributed by atoms with Crippen LogP contribution < -0.4 is 0 Å². The highest BCUT2D eigenvalue weighted by Gasteiger charge is 2.12. The van der Waals surface area contributed by atoms with E-state index < -0.39 is 0 Å². The molecule has 0 aliphatic rings. The van der Waals surface area contributed by atoms with Crippen LogP contribution in [0.1, 0.15) is 115 Å². The number of rotatable bonds is 15. The first-order chi connectivity index (χ1) is 12.2. The van der Waals surface area contributed by atoms with Crippen molar-refractivity contribution in [1.82, 2.24) is 0 Å². The normalized spacial score (nSPS) is 11.2. The molecule has 25 heavy (non-hydrogen) atoms. The number of benzene rings is 1. The lowest BCUT2D eigenvalue weighted by Crippen LogP contribution is -2.02. The SMILES string of the molecule is CCCCCCCCc1c(O)ccc(CCC)c1CCCCCCC. The van der Waals surface area contributed by atoms with Crippen LogP contribution in [0, 0.1) is 0 Å². The fourth-order valence-electron chi connectivity index (χ4n) is 3.81. The summed E-state index contributed by atoms with van der Waals surface area (Å²) in [6, 6.07) is 4.11. The molecule has 0 fully saturated rings. The van der Waals surface area contributed by atoms with E-state index in [0.717, 1.165) is 19.3 Å². The Morgan fingerprint density at radius 2 is 1.08 bits per heavy atom. The van der Waals surface area contributed by atoms with Gasteiger partial charge in [-0.15, -0.1) is 0 Å². The predicted octanol–water partition coefficient (Wildman–Crippen LogP) is 7.76. The van der Waals surface area contributed by atoms with Crippen LogP contribution in [0.4, 0.5) is 0 Å². The van der Waals surface area contributed by atoms with Gasteiger partial charge in [0, 0.05) is 0 Å². The van der Waals surface area contributed by atoms with Crippen LogP contribution in [-0.4, -0.2) is 5.11 Å². The fraction of sp³-hybridized carbons (Fsp3) is 0.750. The molecule has 0 aromatic heterocycles. The third-order valence-corrected chi connectivity index (χ3v) is 5.33. The average Bonchev–Trinajstić information content (AvgIpc) is 2.61. The van der Waals surface area contributed by atoms with Crippen molar-refractivity contribution in [2.24, 2.45) is 0 Å². The van der Waals surface area contributed by atoms with Gasteiger partial charge in [0.15, 0.2) is 0 Å². The number of aryl methyl sites for hydroxylation is 1. The van der Waals surface area contributed by atoms with Gasteiger partial charge in [0.25, 0.3) is 0 Å². The van der Waals surface area contributed by atoms with Gasteiger partial charge in [0.05, 0.1) is 0 Å². The summed E-state index contributed by atoms with van der Waals surface area (Å²) in [5.41, 5.74) is 4.22. The van der Waals surface area contributed by atoms with Crippen molar-refractivity contribution >= 4 is 0 Å². The third kappa shape index (κ3) is 8.79. The highest BCUT2D eigenvalue weighted by atomic mass is 16.3. The molecule has 0 aliphatic carbocycles.